The Morgan fingerprint density at radius 3 is 2.63 bits per heavy atom. The van der Waals surface area contributed by atoms with Gasteiger partial charge >= 0.3 is 0 Å². The van der Waals surface area contributed by atoms with Crippen molar-refractivity contribution in [3.63, 3.8) is 0 Å². The first-order chi connectivity index (χ1) is 13.0. The van der Waals surface area contributed by atoms with E-state index in [1.165, 1.54) is 0 Å². The zero-order chi connectivity index (χ0) is 19.3. The first-order valence-corrected chi connectivity index (χ1v) is 10.2. The van der Waals surface area contributed by atoms with Crippen LogP contribution in [0, 0.1) is 6.92 Å². The molecule has 0 aliphatic heterocycles. The number of nitrogens with one attached hydrogen (secondary N) is 1. The molecule has 1 aromatic heterocycles. The van der Waals surface area contributed by atoms with E-state index in [9.17, 15) is 8.42 Å². The van der Waals surface area contributed by atoms with Gasteiger partial charge in [-0.25, -0.2) is 18.1 Å². The van der Waals surface area contributed by atoms with E-state index >= 15 is 0 Å². The van der Waals surface area contributed by atoms with Crippen molar-refractivity contribution < 1.29 is 13.2 Å². The van der Waals surface area contributed by atoms with Crippen LogP contribution in [0.15, 0.2) is 65.8 Å². The highest BCUT2D eigenvalue weighted by atomic mass is 32.2. The summed E-state index contributed by atoms with van der Waals surface area (Å²) in [7, 11) is -1.99. The van der Waals surface area contributed by atoms with Crippen molar-refractivity contribution in [2.24, 2.45) is 0 Å². The summed E-state index contributed by atoms with van der Waals surface area (Å²) < 4.78 is 34.9. The molecule has 1 heterocycles. The minimum absolute atomic E-state index is 0.274. The molecule has 27 heavy (non-hydrogen) atoms. The lowest BCUT2D eigenvalue weighted by Crippen LogP contribution is -2.26. The number of ether oxygens (including phenoxy) is 1. The van der Waals surface area contributed by atoms with Crippen LogP contribution in [0.3, 0.4) is 0 Å². The van der Waals surface area contributed by atoms with Crippen molar-refractivity contribution in [2.75, 3.05) is 13.7 Å². The SMILES string of the molecule is COc1ccc(S(=O)(=O)NCCCn2ccnc2-c2ccccc2)c(C)c1. The highest BCUT2D eigenvalue weighted by Crippen LogP contribution is 2.21. The Morgan fingerprint density at radius 1 is 1.15 bits per heavy atom. The van der Waals surface area contributed by atoms with Crippen molar-refractivity contribution in [3.05, 3.63) is 66.5 Å². The number of hydrogen-bond donors (Lipinski definition) is 1. The third-order valence-electron chi connectivity index (χ3n) is 4.29. The first-order valence-electron chi connectivity index (χ1n) is 8.72. The first kappa shape index (κ1) is 19.1. The van der Waals surface area contributed by atoms with Gasteiger partial charge in [-0.3, -0.25) is 0 Å². The van der Waals surface area contributed by atoms with Crippen LogP contribution in [0.1, 0.15) is 12.0 Å². The quantitative estimate of drug-likeness (QED) is 0.604. The molecule has 0 bridgehead atoms. The summed E-state index contributed by atoms with van der Waals surface area (Å²) in [6.07, 6.45) is 4.32. The summed E-state index contributed by atoms with van der Waals surface area (Å²) in [6, 6.07) is 14.9. The molecule has 0 fully saturated rings. The molecule has 0 atom stereocenters. The second kappa shape index (κ2) is 8.37. The number of rotatable bonds is 8. The van der Waals surface area contributed by atoms with Gasteiger partial charge in [0.05, 0.1) is 12.0 Å². The molecule has 3 aromatic rings. The molecular formula is C20H23N3O3S. The summed E-state index contributed by atoms with van der Waals surface area (Å²) in [5, 5.41) is 0. The highest BCUT2D eigenvalue weighted by molar-refractivity contribution is 7.89. The maximum Gasteiger partial charge on any atom is 0.240 e. The lowest BCUT2D eigenvalue weighted by atomic mass is 10.2. The van der Waals surface area contributed by atoms with Crippen molar-refractivity contribution >= 4 is 10.0 Å². The van der Waals surface area contributed by atoms with Crippen LogP contribution in [0.2, 0.25) is 0 Å². The Labute approximate surface area is 159 Å². The maximum absolute atomic E-state index is 12.5. The second-order valence-electron chi connectivity index (χ2n) is 6.19. The number of aromatic nitrogens is 2. The van der Waals surface area contributed by atoms with Gasteiger partial charge in [0.2, 0.25) is 10.0 Å². The molecule has 0 spiro atoms. The average Bonchev–Trinajstić information content (AvgIpc) is 3.14. The fourth-order valence-corrected chi connectivity index (χ4v) is 4.22. The van der Waals surface area contributed by atoms with E-state index in [-0.39, 0.29) is 4.90 Å². The van der Waals surface area contributed by atoms with E-state index in [1.54, 1.807) is 38.4 Å². The van der Waals surface area contributed by atoms with Gasteiger partial charge in [-0.05, 0) is 37.1 Å². The molecule has 142 valence electrons. The number of benzene rings is 2. The molecule has 0 saturated heterocycles. The Hall–Kier alpha value is -2.64. The van der Waals surface area contributed by atoms with E-state index in [1.807, 2.05) is 41.1 Å². The number of sulfonamides is 1. The van der Waals surface area contributed by atoms with Crippen molar-refractivity contribution in [2.45, 2.75) is 24.8 Å². The predicted octanol–water partition coefficient (Wildman–Crippen LogP) is 3.24. The highest BCUT2D eigenvalue weighted by Gasteiger charge is 2.16. The predicted molar refractivity (Wildman–Crippen MR) is 105 cm³/mol. The standard InChI is InChI=1S/C20H23N3O3S/c1-16-15-18(26-2)9-10-19(16)27(24,25)22-11-6-13-23-14-12-21-20(23)17-7-4-3-5-8-17/h3-5,7-10,12,14-15,22H,6,11,13H2,1-2H3. The van der Waals surface area contributed by atoms with Gasteiger partial charge in [0.15, 0.2) is 0 Å². The molecule has 1 N–H and O–H groups in total. The van der Waals surface area contributed by atoms with Crippen molar-refractivity contribution in [1.82, 2.24) is 14.3 Å². The molecule has 2 aromatic carbocycles. The summed E-state index contributed by atoms with van der Waals surface area (Å²) in [6.45, 7) is 2.78. The van der Waals surface area contributed by atoms with Crippen LogP contribution in [-0.4, -0.2) is 31.6 Å². The average molecular weight is 385 g/mol. The van der Waals surface area contributed by atoms with Crippen LogP contribution in [0.4, 0.5) is 0 Å². The summed E-state index contributed by atoms with van der Waals surface area (Å²) in [5.41, 5.74) is 1.69. The van der Waals surface area contributed by atoms with E-state index in [4.69, 9.17) is 4.74 Å². The van der Waals surface area contributed by atoms with Crippen LogP contribution < -0.4 is 9.46 Å². The van der Waals surface area contributed by atoms with Crippen LogP contribution in [-0.2, 0) is 16.6 Å². The van der Waals surface area contributed by atoms with Gasteiger partial charge in [0.1, 0.15) is 11.6 Å². The summed E-state index contributed by atoms with van der Waals surface area (Å²) >= 11 is 0. The molecule has 3 rings (SSSR count). The van der Waals surface area contributed by atoms with E-state index in [2.05, 4.69) is 9.71 Å². The fourth-order valence-electron chi connectivity index (χ4n) is 2.92. The minimum Gasteiger partial charge on any atom is -0.497 e. The van der Waals surface area contributed by atoms with Gasteiger partial charge in [-0.1, -0.05) is 30.3 Å². The Balaban J connectivity index is 1.60. The van der Waals surface area contributed by atoms with Crippen LogP contribution in [0.25, 0.3) is 11.4 Å². The summed E-state index contributed by atoms with van der Waals surface area (Å²) in [5.74, 6) is 1.52. The number of aryl methyl sites for hydroxylation is 2. The lowest BCUT2D eigenvalue weighted by molar-refractivity contribution is 0.414. The Bertz CT molecular complexity index is 998. The molecule has 6 nitrogen and oxygen atoms in total. The molecular weight excluding hydrogens is 362 g/mol. The van der Waals surface area contributed by atoms with Crippen LogP contribution in [0.5, 0.6) is 5.75 Å². The molecule has 0 saturated carbocycles. The zero-order valence-electron chi connectivity index (χ0n) is 15.4. The van der Waals surface area contributed by atoms with E-state index in [0.29, 0.717) is 30.8 Å². The Kier molecular flexibility index (Phi) is 5.93. The zero-order valence-corrected chi connectivity index (χ0v) is 16.2. The molecule has 0 aliphatic carbocycles. The molecule has 0 unspecified atom stereocenters. The third-order valence-corrected chi connectivity index (χ3v) is 5.91. The smallest absolute Gasteiger partial charge is 0.240 e. The van der Waals surface area contributed by atoms with Gasteiger partial charge in [-0.2, -0.15) is 0 Å². The van der Waals surface area contributed by atoms with Crippen molar-refractivity contribution in [1.29, 1.82) is 0 Å². The monoisotopic (exact) mass is 385 g/mol. The fraction of sp³-hybridized carbons (Fsp3) is 0.250. The lowest BCUT2D eigenvalue weighted by Gasteiger charge is -2.11. The molecule has 0 radical (unpaired) electrons. The molecule has 7 heteroatoms. The topological polar surface area (TPSA) is 73.2 Å². The van der Waals surface area contributed by atoms with Crippen molar-refractivity contribution in [3.8, 4) is 17.1 Å². The maximum atomic E-state index is 12.5. The number of methoxy groups -OCH3 is 1. The van der Waals surface area contributed by atoms with Gasteiger partial charge in [0.25, 0.3) is 0 Å². The second-order valence-corrected chi connectivity index (χ2v) is 7.93. The van der Waals surface area contributed by atoms with E-state index < -0.39 is 10.0 Å². The summed E-state index contributed by atoms with van der Waals surface area (Å²) in [4.78, 5) is 4.68. The normalized spacial score (nSPS) is 11.5. The van der Waals surface area contributed by atoms with Gasteiger partial charge < -0.3 is 9.30 Å². The third kappa shape index (κ3) is 4.56. The van der Waals surface area contributed by atoms with E-state index in [0.717, 1.165) is 11.4 Å². The number of imidazole rings is 1. The number of nitrogens with zero attached hydrogens (tertiary/aromatic N) is 2. The van der Waals surface area contributed by atoms with Crippen LogP contribution >= 0.6 is 0 Å². The molecule has 0 amide bonds. The largest absolute Gasteiger partial charge is 0.497 e. The number of hydrogen-bond acceptors (Lipinski definition) is 4. The Morgan fingerprint density at radius 2 is 1.93 bits per heavy atom. The van der Waals surface area contributed by atoms with Gasteiger partial charge in [0, 0.05) is 31.0 Å². The minimum atomic E-state index is -3.55. The van der Waals surface area contributed by atoms with Gasteiger partial charge in [-0.15, -0.1) is 0 Å². The molecule has 0 aliphatic rings.